The van der Waals surface area contributed by atoms with E-state index in [1.54, 1.807) is 31.5 Å². The second-order valence-electron chi connectivity index (χ2n) is 6.17. The van der Waals surface area contributed by atoms with E-state index in [9.17, 15) is 14.0 Å². The number of hydrogen-bond acceptors (Lipinski definition) is 4. The number of amides is 1. The lowest BCUT2D eigenvalue weighted by Gasteiger charge is -2.11. The van der Waals surface area contributed by atoms with E-state index >= 15 is 0 Å². The predicted molar refractivity (Wildman–Crippen MR) is 90.9 cm³/mol. The highest BCUT2D eigenvalue weighted by molar-refractivity contribution is 6.46. The molecule has 7 heteroatoms. The van der Waals surface area contributed by atoms with E-state index in [2.05, 4.69) is 5.16 Å². The molecule has 2 heterocycles. The SMILES string of the molecule is Cc1noc(C)c1-c1c(C(=O)C(=O)N(C)C)c2cc(F)ccc2n1C. The summed E-state index contributed by atoms with van der Waals surface area (Å²) < 4.78 is 20.8. The Kier molecular flexibility index (Phi) is 3.94. The fourth-order valence-electron chi connectivity index (χ4n) is 3.07. The number of aromatic nitrogens is 2. The first-order chi connectivity index (χ1) is 11.7. The second kappa shape index (κ2) is 5.84. The molecule has 0 fully saturated rings. The van der Waals surface area contributed by atoms with Gasteiger partial charge in [0.2, 0.25) is 0 Å². The fourth-order valence-corrected chi connectivity index (χ4v) is 3.07. The van der Waals surface area contributed by atoms with Crippen LogP contribution in [0.3, 0.4) is 0 Å². The molecule has 0 N–H and O–H groups in total. The molecule has 3 aromatic rings. The van der Waals surface area contributed by atoms with Gasteiger partial charge in [-0.1, -0.05) is 5.16 Å². The lowest BCUT2D eigenvalue weighted by molar-refractivity contribution is -0.124. The van der Waals surface area contributed by atoms with Crippen molar-refractivity contribution in [2.24, 2.45) is 7.05 Å². The molecule has 0 radical (unpaired) electrons. The van der Waals surface area contributed by atoms with Crippen molar-refractivity contribution in [1.82, 2.24) is 14.6 Å². The monoisotopic (exact) mass is 343 g/mol. The van der Waals surface area contributed by atoms with Gasteiger partial charge in [0, 0.05) is 32.0 Å². The molecule has 130 valence electrons. The Bertz CT molecular complexity index is 995. The molecule has 3 rings (SSSR count). The zero-order valence-corrected chi connectivity index (χ0v) is 14.7. The number of carbonyl (C=O) groups excluding carboxylic acids is 2. The summed E-state index contributed by atoms with van der Waals surface area (Å²) in [5.41, 5.74) is 2.53. The molecule has 0 aliphatic heterocycles. The Morgan fingerprint density at radius 1 is 1.24 bits per heavy atom. The predicted octanol–water partition coefficient (Wildman–Crippen LogP) is 2.86. The normalized spacial score (nSPS) is 11.1. The molecule has 0 aliphatic rings. The lowest BCUT2D eigenvalue weighted by atomic mass is 10.00. The van der Waals surface area contributed by atoms with Gasteiger partial charge in [0.15, 0.2) is 0 Å². The molecule has 0 spiro atoms. The van der Waals surface area contributed by atoms with E-state index in [4.69, 9.17) is 4.52 Å². The first-order valence-corrected chi connectivity index (χ1v) is 7.71. The first-order valence-electron chi connectivity index (χ1n) is 7.71. The highest BCUT2D eigenvalue weighted by Gasteiger charge is 2.30. The Labute approximate surface area is 143 Å². The lowest BCUT2D eigenvalue weighted by Crippen LogP contribution is -2.30. The van der Waals surface area contributed by atoms with Crippen LogP contribution in [0, 0.1) is 19.7 Å². The summed E-state index contributed by atoms with van der Waals surface area (Å²) in [6.45, 7) is 3.49. The summed E-state index contributed by atoms with van der Waals surface area (Å²) in [4.78, 5) is 26.4. The smallest absolute Gasteiger partial charge is 0.294 e. The van der Waals surface area contributed by atoms with Crippen LogP contribution in [-0.2, 0) is 11.8 Å². The van der Waals surface area contributed by atoms with Crippen molar-refractivity contribution in [3.05, 3.63) is 41.0 Å². The Balaban J connectivity index is 2.44. The Morgan fingerprint density at radius 2 is 1.92 bits per heavy atom. The second-order valence-corrected chi connectivity index (χ2v) is 6.17. The van der Waals surface area contributed by atoms with Crippen molar-refractivity contribution in [3.63, 3.8) is 0 Å². The zero-order valence-electron chi connectivity index (χ0n) is 14.7. The molecule has 0 saturated heterocycles. The quantitative estimate of drug-likeness (QED) is 0.542. The van der Waals surface area contributed by atoms with E-state index in [-0.39, 0.29) is 5.56 Å². The van der Waals surface area contributed by atoms with Crippen molar-refractivity contribution in [3.8, 4) is 11.3 Å². The molecule has 6 nitrogen and oxygen atoms in total. The number of nitrogens with zero attached hydrogens (tertiary/aromatic N) is 3. The third-order valence-electron chi connectivity index (χ3n) is 4.26. The average Bonchev–Trinajstić information content (AvgIpc) is 3.02. The minimum atomic E-state index is -0.698. The van der Waals surface area contributed by atoms with Crippen LogP contribution in [0.25, 0.3) is 22.2 Å². The number of rotatable bonds is 3. The zero-order chi connectivity index (χ0) is 18.5. The van der Waals surface area contributed by atoms with Gasteiger partial charge in [-0.15, -0.1) is 0 Å². The van der Waals surface area contributed by atoms with Gasteiger partial charge in [0.1, 0.15) is 11.6 Å². The molecule has 0 unspecified atom stereocenters. The van der Waals surface area contributed by atoms with Gasteiger partial charge in [-0.2, -0.15) is 0 Å². The topological polar surface area (TPSA) is 68.3 Å². The first kappa shape index (κ1) is 16.9. The fraction of sp³-hybridized carbons (Fsp3) is 0.278. The van der Waals surface area contributed by atoms with Crippen LogP contribution < -0.4 is 0 Å². The number of halogens is 1. The van der Waals surface area contributed by atoms with Gasteiger partial charge in [-0.3, -0.25) is 9.59 Å². The van der Waals surface area contributed by atoms with Crippen LogP contribution in [-0.4, -0.2) is 40.4 Å². The summed E-state index contributed by atoms with van der Waals surface area (Å²) in [5, 5.41) is 4.32. The maximum Gasteiger partial charge on any atom is 0.294 e. The van der Waals surface area contributed by atoms with Crippen LogP contribution in [0.4, 0.5) is 4.39 Å². The molecule has 1 aromatic carbocycles. The minimum Gasteiger partial charge on any atom is -0.361 e. The number of carbonyl (C=O) groups is 2. The van der Waals surface area contributed by atoms with E-state index in [1.807, 2.05) is 0 Å². The molecular weight excluding hydrogens is 325 g/mol. The van der Waals surface area contributed by atoms with E-state index < -0.39 is 17.5 Å². The molecule has 0 aliphatic carbocycles. The van der Waals surface area contributed by atoms with Gasteiger partial charge in [-0.25, -0.2) is 4.39 Å². The number of ketones is 1. The molecule has 25 heavy (non-hydrogen) atoms. The number of hydrogen-bond donors (Lipinski definition) is 0. The van der Waals surface area contributed by atoms with E-state index in [0.29, 0.717) is 33.6 Å². The van der Waals surface area contributed by atoms with Crippen molar-refractivity contribution >= 4 is 22.6 Å². The summed E-state index contributed by atoms with van der Waals surface area (Å²) >= 11 is 0. The number of fused-ring (bicyclic) bond motifs is 1. The van der Waals surface area contributed by atoms with Crippen LogP contribution in [0.15, 0.2) is 22.7 Å². The minimum absolute atomic E-state index is 0.158. The van der Waals surface area contributed by atoms with Crippen LogP contribution in [0.2, 0.25) is 0 Å². The van der Waals surface area contributed by atoms with Crippen molar-refractivity contribution in [2.75, 3.05) is 14.1 Å². The highest BCUT2D eigenvalue weighted by atomic mass is 19.1. The summed E-state index contributed by atoms with van der Waals surface area (Å²) in [5.74, 6) is -1.33. The summed E-state index contributed by atoms with van der Waals surface area (Å²) in [6.07, 6.45) is 0. The third kappa shape index (κ3) is 2.52. The average molecular weight is 343 g/mol. The third-order valence-corrected chi connectivity index (χ3v) is 4.26. The van der Waals surface area contributed by atoms with Gasteiger partial charge >= 0.3 is 0 Å². The number of benzene rings is 1. The van der Waals surface area contributed by atoms with E-state index in [1.165, 1.54) is 31.1 Å². The van der Waals surface area contributed by atoms with Crippen molar-refractivity contribution < 1.29 is 18.5 Å². The Hall–Kier alpha value is -2.96. The number of Topliss-reactive ketones (excluding diaryl/α,β-unsaturated/α-hetero) is 1. The van der Waals surface area contributed by atoms with Gasteiger partial charge in [0.25, 0.3) is 11.7 Å². The molecule has 0 saturated carbocycles. The summed E-state index contributed by atoms with van der Waals surface area (Å²) in [7, 11) is 4.77. The highest BCUT2D eigenvalue weighted by Crippen LogP contribution is 2.37. The van der Waals surface area contributed by atoms with Crippen molar-refractivity contribution in [2.45, 2.75) is 13.8 Å². The van der Waals surface area contributed by atoms with Gasteiger partial charge < -0.3 is 14.0 Å². The van der Waals surface area contributed by atoms with Gasteiger partial charge in [-0.05, 0) is 32.0 Å². The molecule has 0 bridgehead atoms. The number of aryl methyl sites for hydroxylation is 3. The van der Waals surface area contributed by atoms with Crippen molar-refractivity contribution in [1.29, 1.82) is 0 Å². The summed E-state index contributed by atoms with van der Waals surface area (Å²) in [6, 6.07) is 4.18. The molecule has 1 amide bonds. The molecule has 0 atom stereocenters. The maximum absolute atomic E-state index is 13.8. The standard InChI is InChI=1S/C18H18FN3O3/c1-9-14(10(2)25-20-9)16-15(17(23)18(24)21(3)4)12-8-11(19)6-7-13(12)22(16)5/h6-8H,1-5H3. The van der Waals surface area contributed by atoms with Crippen LogP contribution in [0.5, 0.6) is 0 Å². The maximum atomic E-state index is 13.8. The largest absolute Gasteiger partial charge is 0.361 e. The number of likely N-dealkylation sites (N-methyl/N-ethyl adjacent to an activating group) is 1. The van der Waals surface area contributed by atoms with Crippen LogP contribution >= 0.6 is 0 Å². The van der Waals surface area contributed by atoms with E-state index in [0.717, 1.165) is 0 Å². The molecule has 2 aromatic heterocycles. The Morgan fingerprint density at radius 3 is 2.48 bits per heavy atom. The molecular formula is C18H18FN3O3. The van der Waals surface area contributed by atoms with Gasteiger partial charge in [0.05, 0.1) is 22.5 Å². The van der Waals surface area contributed by atoms with Crippen LogP contribution in [0.1, 0.15) is 21.8 Å².